The van der Waals surface area contributed by atoms with Gasteiger partial charge in [0.2, 0.25) is 0 Å². The summed E-state index contributed by atoms with van der Waals surface area (Å²) in [5, 5.41) is 4.66. The van der Waals surface area contributed by atoms with Crippen LogP contribution in [0.2, 0.25) is 0 Å². The summed E-state index contributed by atoms with van der Waals surface area (Å²) in [5.41, 5.74) is 4.05. The number of para-hydroxylation sites is 1. The van der Waals surface area contributed by atoms with E-state index in [0.717, 1.165) is 19.3 Å². The van der Waals surface area contributed by atoms with Crippen molar-refractivity contribution in [2.24, 2.45) is 0 Å². The van der Waals surface area contributed by atoms with E-state index >= 15 is 0 Å². The second-order valence-electron chi connectivity index (χ2n) is 6.98. The zero-order valence-electron chi connectivity index (χ0n) is 17.1. The maximum Gasteiger partial charge on any atom is 0.357 e. The molecule has 0 aliphatic heterocycles. The van der Waals surface area contributed by atoms with Gasteiger partial charge in [0.15, 0.2) is 5.69 Å². The maximum atomic E-state index is 12.8. The van der Waals surface area contributed by atoms with Crippen molar-refractivity contribution in [1.29, 1.82) is 0 Å². The molecule has 30 heavy (non-hydrogen) atoms. The van der Waals surface area contributed by atoms with Gasteiger partial charge in [0.05, 0.1) is 27.0 Å². The fraction of sp³-hybridized carbons (Fsp3) is 0.261. The van der Waals surface area contributed by atoms with Crippen LogP contribution in [0.25, 0.3) is 16.9 Å². The van der Waals surface area contributed by atoms with Gasteiger partial charge in [0.1, 0.15) is 17.0 Å². The molecule has 0 fully saturated rings. The Balaban J connectivity index is 2.05. The maximum absolute atomic E-state index is 12.8. The Morgan fingerprint density at radius 1 is 0.933 bits per heavy atom. The van der Waals surface area contributed by atoms with E-state index in [0.29, 0.717) is 22.7 Å². The Morgan fingerprint density at radius 3 is 2.23 bits per heavy atom. The van der Waals surface area contributed by atoms with Gasteiger partial charge in [-0.3, -0.25) is 0 Å². The van der Waals surface area contributed by atoms with Gasteiger partial charge in [-0.05, 0) is 54.7 Å². The molecular weight excluding hydrogens is 384 g/mol. The molecule has 1 aliphatic carbocycles. The summed E-state index contributed by atoms with van der Waals surface area (Å²) in [6, 6.07) is 13.1. The van der Waals surface area contributed by atoms with Crippen molar-refractivity contribution in [2.75, 3.05) is 21.3 Å². The van der Waals surface area contributed by atoms with E-state index in [1.54, 1.807) is 19.2 Å². The van der Waals surface area contributed by atoms with Crippen molar-refractivity contribution < 1.29 is 23.8 Å². The minimum atomic E-state index is -0.682. The summed E-state index contributed by atoms with van der Waals surface area (Å²) in [4.78, 5) is 25.5. The molecule has 4 rings (SSSR count). The molecule has 7 heteroatoms. The fourth-order valence-corrected chi connectivity index (χ4v) is 3.90. The van der Waals surface area contributed by atoms with Crippen LogP contribution in [0, 0.1) is 0 Å². The van der Waals surface area contributed by atoms with E-state index in [4.69, 9.17) is 14.2 Å². The van der Waals surface area contributed by atoms with Gasteiger partial charge in [-0.25, -0.2) is 14.3 Å². The molecule has 3 aromatic rings. The molecule has 154 valence electrons. The second kappa shape index (κ2) is 8.02. The van der Waals surface area contributed by atoms with Crippen LogP contribution in [-0.4, -0.2) is 43.0 Å². The van der Waals surface area contributed by atoms with Crippen LogP contribution in [0.15, 0.2) is 42.5 Å². The molecule has 0 bridgehead atoms. The van der Waals surface area contributed by atoms with Gasteiger partial charge in [-0.2, -0.15) is 5.10 Å². The summed E-state index contributed by atoms with van der Waals surface area (Å²) < 4.78 is 17.0. The van der Waals surface area contributed by atoms with E-state index in [1.807, 2.05) is 30.3 Å². The number of benzene rings is 2. The summed E-state index contributed by atoms with van der Waals surface area (Å²) >= 11 is 0. The van der Waals surface area contributed by atoms with E-state index < -0.39 is 11.9 Å². The Kier molecular flexibility index (Phi) is 5.27. The van der Waals surface area contributed by atoms with Crippen molar-refractivity contribution in [3.05, 3.63) is 64.8 Å². The predicted octanol–water partition coefficient (Wildman–Crippen LogP) is 3.61. The highest BCUT2D eigenvalue weighted by Gasteiger charge is 2.33. The monoisotopic (exact) mass is 406 g/mol. The molecule has 0 radical (unpaired) electrons. The number of hydrogen-bond donors (Lipinski definition) is 0. The number of aromatic nitrogens is 2. The molecule has 2 aromatic carbocycles. The van der Waals surface area contributed by atoms with Crippen LogP contribution < -0.4 is 4.74 Å². The Labute approximate surface area is 174 Å². The van der Waals surface area contributed by atoms with Gasteiger partial charge in [0, 0.05) is 5.56 Å². The second-order valence-corrected chi connectivity index (χ2v) is 6.98. The Morgan fingerprint density at radius 2 is 1.60 bits per heavy atom. The fourth-order valence-electron chi connectivity index (χ4n) is 3.90. The molecule has 0 saturated heterocycles. The van der Waals surface area contributed by atoms with Crippen molar-refractivity contribution >= 4 is 11.9 Å². The summed E-state index contributed by atoms with van der Waals surface area (Å²) in [6.07, 6.45) is 3.00. The summed E-state index contributed by atoms with van der Waals surface area (Å²) in [6.45, 7) is 0. The Hall–Kier alpha value is -3.61. The van der Waals surface area contributed by atoms with Crippen molar-refractivity contribution in [2.45, 2.75) is 19.3 Å². The van der Waals surface area contributed by atoms with Gasteiger partial charge in [-0.15, -0.1) is 0 Å². The number of esters is 2. The molecule has 0 unspecified atom stereocenters. The number of aryl methyl sites for hydroxylation is 2. The van der Waals surface area contributed by atoms with Crippen LogP contribution in [0.5, 0.6) is 5.75 Å². The van der Waals surface area contributed by atoms with Crippen LogP contribution in [0.4, 0.5) is 0 Å². The molecule has 7 nitrogen and oxygen atoms in total. The van der Waals surface area contributed by atoms with Gasteiger partial charge in [0.25, 0.3) is 0 Å². The molecular formula is C23H22N2O5. The highest BCUT2D eigenvalue weighted by atomic mass is 16.5. The van der Waals surface area contributed by atoms with Crippen molar-refractivity contribution in [3.8, 4) is 22.7 Å². The minimum Gasteiger partial charge on any atom is -0.496 e. The molecule has 1 aliphatic rings. The lowest BCUT2D eigenvalue weighted by atomic mass is 9.99. The molecule has 0 spiro atoms. The van der Waals surface area contributed by atoms with Crippen LogP contribution in [-0.2, 0) is 22.3 Å². The smallest absolute Gasteiger partial charge is 0.357 e. The lowest BCUT2D eigenvalue weighted by molar-refractivity contribution is 0.0549. The van der Waals surface area contributed by atoms with Gasteiger partial charge >= 0.3 is 11.9 Å². The van der Waals surface area contributed by atoms with E-state index in [9.17, 15) is 9.59 Å². The predicted molar refractivity (Wildman–Crippen MR) is 110 cm³/mol. The lowest BCUT2D eigenvalue weighted by Gasteiger charge is -2.11. The number of methoxy groups -OCH3 is 3. The number of rotatable bonds is 5. The van der Waals surface area contributed by atoms with Crippen molar-refractivity contribution in [1.82, 2.24) is 9.78 Å². The Bertz CT molecular complexity index is 1120. The quantitative estimate of drug-likeness (QED) is 0.602. The zero-order chi connectivity index (χ0) is 21.3. The summed E-state index contributed by atoms with van der Waals surface area (Å²) in [5.74, 6) is -0.761. The topological polar surface area (TPSA) is 79.7 Å². The molecule has 1 heterocycles. The van der Waals surface area contributed by atoms with Crippen LogP contribution in [0.1, 0.15) is 38.4 Å². The van der Waals surface area contributed by atoms with Gasteiger partial charge in [-0.1, -0.05) is 18.2 Å². The van der Waals surface area contributed by atoms with Crippen LogP contribution >= 0.6 is 0 Å². The minimum absolute atomic E-state index is 0.00750. The number of nitrogens with zero attached hydrogens (tertiary/aromatic N) is 2. The molecule has 0 amide bonds. The molecule has 0 saturated carbocycles. The molecule has 0 N–H and O–H groups in total. The zero-order valence-corrected chi connectivity index (χ0v) is 17.1. The highest BCUT2D eigenvalue weighted by molar-refractivity contribution is 6.07. The molecule has 0 atom stereocenters. The van der Waals surface area contributed by atoms with Crippen LogP contribution in [0.3, 0.4) is 0 Å². The van der Waals surface area contributed by atoms with E-state index in [-0.39, 0.29) is 11.3 Å². The first-order chi connectivity index (χ1) is 14.6. The van der Waals surface area contributed by atoms with E-state index in [1.165, 1.54) is 30.0 Å². The number of carbonyl (C=O) groups is 2. The third kappa shape index (κ3) is 3.22. The average Bonchev–Trinajstić information content (AvgIpc) is 3.41. The third-order valence-corrected chi connectivity index (χ3v) is 5.32. The lowest BCUT2D eigenvalue weighted by Crippen LogP contribution is -2.15. The highest BCUT2D eigenvalue weighted by Crippen LogP contribution is 2.39. The first kappa shape index (κ1) is 19.7. The number of fused-ring (bicyclic) bond motifs is 1. The number of hydrogen-bond acceptors (Lipinski definition) is 6. The first-order valence-electron chi connectivity index (χ1n) is 9.64. The summed E-state index contributed by atoms with van der Waals surface area (Å²) in [7, 11) is 4.11. The number of carbonyl (C=O) groups excluding carboxylic acids is 2. The normalized spacial score (nSPS) is 12.4. The molecule has 1 aromatic heterocycles. The van der Waals surface area contributed by atoms with Crippen molar-refractivity contribution in [3.63, 3.8) is 0 Å². The SMILES string of the molecule is COC(=O)c1c(-c2cc3c(cc2OC)CCC3)nn(-c2ccccc2)c1C(=O)OC. The number of ether oxygens (including phenoxy) is 3. The third-order valence-electron chi connectivity index (χ3n) is 5.32. The average molecular weight is 406 g/mol. The first-order valence-corrected chi connectivity index (χ1v) is 9.64. The van der Waals surface area contributed by atoms with E-state index in [2.05, 4.69) is 5.10 Å². The van der Waals surface area contributed by atoms with Gasteiger partial charge < -0.3 is 14.2 Å². The standard InChI is InChI=1S/C23H22N2O5/c1-28-18-13-15-9-7-8-14(15)12-17(18)20-19(22(26)29-2)21(23(27)30-3)25(24-20)16-10-5-4-6-11-16/h4-6,10-13H,7-9H2,1-3H3. The largest absolute Gasteiger partial charge is 0.496 e.